The molecule has 0 atom stereocenters. The Labute approximate surface area is 148 Å². The normalized spacial score (nSPS) is 11.0. The van der Waals surface area contributed by atoms with Crippen molar-refractivity contribution >= 4 is 0 Å². The van der Waals surface area contributed by atoms with Crippen LogP contribution in [0.25, 0.3) is 17.1 Å². The smallest absolute Gasteiger partial charge is 0.204 e. The van der Waals surface area contributed by atoms with Gasteiger partial charge in [-0.3, -0.25) is 9.48 Å². The molecule has 3 aromatic heterocycles. The van der Waals surface area contributed by atoms with Gasteiger partial charge >= 0.3 is 0 Å². The molecule has 0 unspecified atom stereocenters. The second-order valence-electron chi connectivity index (χ2n) is 5.92. The Morgan fingerprint density at radius 2 is 2.00 bits per heavy atom. The van der Waals surface area contributed by atoms with E-state index in [4.69, 9.17) is 0 Å². The quantitative estimate of drug-likeness (QED) is 0.540. The van der Waals surface area contributed by atoms with Gasteiger partial charge in [0.1, 0.15) is 11.4 Å². The largest absolute Gasteiger partial charge is 0.288 e. The SMILES string of the molecule is Cn1cc(-n2ccc(=O)c(Cc3cccc(-c4nnn(C)n4)c3)n2)cn1. The fraction of sp³-hybridized carbons (Fsp3) is 0.176. The van der Waals surface area contributed by atoms with E-state index in [0.717, 1.165) is 16.8 Å². The highest BCUT2D eigenvalue weighted by molar-refractivity contribution is 5.55. The van der Waals surface area contributed by atoms with Gasteiger partial charge in [-0.05, 0) is 16.8 Å². The van der Waals surface area contributed by atoms with E-state index < -0.39 is 0 Å². The lowest BCUT2D eigenvalue weighted by molar-refractivity contribution is 0.630. The molecule has 130 valence electrons. The van der Waals surface area contributed by atoms with Gasteiger partial charge in [-0.2, -0.15) is 15.0 Å². The first-order chi connectivity index (χ1) is 12.6. The lowest BCUT2D eigenvalue weighted by Crippen LogP contribution is -2.16. The van der Waals surface area contributed by atoms with E-state index in [1.165, 1.54) is 10.9 Å². The Kier molecular flexibility index (Phi) is 3.88. The van der Waals surface area contributed by atoms with Gasteiger partial charge in [0.05, 0.1) is 19.4 Å². The number of benzene rings is 1. The lowest BCUT2D eigenvalue weighted by Gasteiger charge is -2.06. The van der Waals surface area contributed by atoms with Crippen molar-refractivity contribution in [3.63, 3.8) is 0 Å². The maximum Gasteiger partial charge on any atom is 0.204 e. The molecule has 4 rings (SSSR count). The Morgan fingerprint density at radius 3 is 2.73 bits per heavy atom. The van der Waals surface area contributed by atoms with E-state index in [2.05, 4.69) is 25.6 Å². The van der Waals surface area contributed by atoms with Gasteiger partial charge in [0.2, 0.25) is 11.3 Å². The second kappa shape index (κ2) is 6.36. The Bertz CT molecular complexity index is 1120. The molecule has 4 aromatic rings. The molecule has 3 heterocycles. The van der Waals surface area contributed by atoms with Crippen molar-refractivity contribution in [2.24, 2.45) is 14.1 Å². The first-order valence-corrected chi connectivity index (χ1v) is 8.00. The molecule has 0 spiro atoms. The van der Waals surface area contributed by atoms with Crippen LogP contribution < -0.4 is 5.43 Å². The fourth-order valence-electron chi connectivity index (χ4n) is 2.65. The van der Waals surface area contributed by atoms with Crippen molar-refractivity contribution in [2.45, 2.75) is 6.42 Å². The molecule has 9 heteroatoms. The molecule has 1 aromatic carbocycles. The molecule has 9 nitrogen and oxygen atoms in total. The van der Waals surface area contributed by atoms with Gasteiger partial charge in [0.25, 0.3) is 0 Å². The van der Waals surface area contributed by atoms with Crippen molar-refractivity contribution in [1.82, 2.24) is 39.8 Å². The molecule has 0 amide bonds. The number of nitrogens with zero attached hydrogens (tertiary/aromatic N) is 8. The minimum absolute atomic E-state index is 0.104. The third-order valence-electron chi connectivity index (χ3n) is 3.90. The molecule has 0 aliphatic rings. The van der Waals surface area contributed by atoms with Gasteiger partial charge < -0.3 is 0 Å². The summed E-state index contributed by atoms with van der Waals surface area (Å²) in [5.74, 6) is 0.545. The van der Waals surface area contributed by atoms with E-state index >= 15 is 0 Å². The maximum atomic E-state index is 12.2. The van der Waals surface area contributed by atoms with Crippen molar-refractivity contribution in [1.29, 1.82) is 0 Å². The van der Waals surface area contributed by atoms with Crippen LogP contribution in [0.5, 0.6) is 0 Å². The highest BCUT2D eigenvalue weighted by atomic mass is 16.1. The summed E-state index contributed by atoms with van der Waals surface area (Å²) >= 11 is 0. The maximum absolute atomic E-state index is 12.2. The van der Waals surface area contributed by atoms with Crippen LogP contribution in [-0.2, 0) is 20.5 Å². The predicted molar refractivity (Wildman–Crippen MR) is 93.6 cm³/mol. The van der Waals surface area contributed by atoms with Crippen molar-refractivity contribution in [3.05, 3.63) is 70.4 Å². The number of hydrogen-bond donors (Lipinski definition) is 0. The third-order valence-corrected chi connectivity index (χ3v) is 3.90. The molecule has 0 aliphatic carbocycles. The zero-order valence-electron chi connectivity index (χ0n) is 14.3. The second-order valence-corrected chi connectivity index (χ2v) is 5.92. The molecule has 26 heavy (non-hydrogen) atoms. The molecule has 0 aliphatic heterocycles. The van der Waals surface area contributed by atoms with Gasteiger partial charge in [0, 0.05) is 31.3 Å². The summed E-state index contributed by atoms with van der Waals surface area (Å²) in [6, 6.07) is 9.22. The molecule has 0 saturated carbocycles. The van der Waals surface area contributed by atoms with Crippen molar-refractivity contribution in [2.75, 3.05) is 0 Å². The number of aromatic nitrogens is 8. The number of aryl methyl sites for hydroxylation is 2. The minimum atomic E-state index is -0.104. The molecule has 0 N–H and O–H groups in total. The van der Waals surface area contributed by atoms with E-state index in [9.17, 15) is 4.79 Å². The summed E-state index contributed by atoms with van der Waals surface area (Å²) < 4.78 is 3.34. The van der Waals surface area contributed by atoms with Gasteiger partial charge in [0.15, 0.2) is 0 Å². The van der Waals surface area contributed by atoms with E-state index in [1.54, 1.807) is 28.8 Å². The van der Waals surface area contributed by atoms with E-state index in [-0.39, 0.29) is 5.43 Å². The Balaban J connectivity index is 1.66. The summed E-state index contributed by atoms with van der Waals surface area (Å²) in [4.78, 5) is 13.6. The molecular formula is C17H16N8O. The first-order valence-electron chi connectivity index (χ1n) is 8.00. The molecule has 0 saturated heterocycles. The third kappa shape index (κ3) is 3.14. The van der Waals surface area contributed by atoms with Crippen LogP contribution in [0.4, 0.5) is 0 Å². The summed E-state index contributed by atoms with van der Waals surface area (Å²) in [6.45, 7) is 0. The van der Waals surface area contributed by atoms with Crippen molar-refractivity contribution < 1.29 is 0 Å². The number of hydrogen-bond acceptors (Lipinski definition) is 6. The summed E-state index contributed by atoms with van der Waals surface area (Å²) in [5.41, 5.74) is 2.95. The predicted octanol–water partition coefficient (Wildman–Crippen LogP) is 0.747. The minimum Gasteiger partial charge on any atom is -0.288 e. The zero-order chi connectivity index (χ0) is 18.1. The lowest BCUT2D eigenvalue weighted by atomic mass is 10.1. The fourth-order valence-corrected chi connectivity index (χ4v) is 2.65. The average molecular weight is 348 g/mol. The summed E-state index contributed by atoms with van der Waals surface area (Å²) in [7, 11) is 3.55. The standard InChI is InChI=1S/C17H16N8O/c1-23-11-14(10-18-23)25-7-6-16(26)15(20-25)9-12-4-3-5-13(8-12)17-19-22-24(2)21-17/h3-8,10-11H,9H2,1-2H3. The van der Waals surface area contributed by atoms with Crippen LogP contribution in [0.15, 0.2) is 53.7 Å². The Hall–Kier alpha value is -3.62. The molecule has 0 fully saturated rings. The Morgan fingerprint density at radius 1 is 1.12 bits per heavy atom. The van der Waals surface area contributed by atoms with Crippen LogP contribution in [0, 0.1) is 0 Å². The van der Waals surface area contributed by atoms with Gasteiger partial charge in [-0.1, -0.05) is 18.2 Å². The average Bonchev–Trinajstić information content (AvgIpc) is 3.26. The topological polar surface area (TPSA) is 96.3 Å². The summed E-state index contributed by atoms with van der Waals surface area (Å²) in [6.07, 6.45) is 5.58. The monoisotopic (exact) mass is 348 g/mol. The molecule has 0 bridgehead atoms. The van der Waals surface area contributed by atoms with Crippen LogP contribution >= 0.6 is 0 Å². The van der Waals surface area contributed by atoms with Crippen LogP contribution in [0.3, 0.4) is 0 Å². The zero-order valence-corrected chi connectivity index (χ0v) is 14.3. The van der Waals surface area contributed by atoms with Crippen molar-refractivity contribution in [3.8, 4) is 17.1 Å². The summed E-state index contributed by atoms with van der Waals surface area (Å²) in [5, 5.41) is 20.7. The van der Waals surface area contributed by atoms with Crippen LogP contribution in [0.2, 0.25) is 0 Å². The van der Waals surface area contributed by atoms with Crippen LogP contribution in [0.1, 0.15) is 11.3 Å². The number of rotatable bonds is 4. The van der Waals surface area contributed by atoms with Gasteiger partial charge in [-0.25, -0.2) is 4.68 Å². The molecule has 0 radical (unpaired) electrons. The number of tetrazole rings is 1. The highest BCUT2D eigenvalue weighted by Gasteiger charge is 2.09. The van der Waals surface area contributed by atoms with Crippen LogP contribution in [-0.4, -0.2) is 39.8 Å². The van der Waals surface area contributed by atoms with Gasteiger partial charge in [-0.15, -0.1) is 10.2 Å². The highest BCUT2D eigenvalue weighted by Crippen LogP contribution is 2.16. The molecular weight excluding hydrogens is 332 g/mol. The van der Waals surface area contributed by atoms with E-state index in [1.807, 2.05) is 37.5 Å². The van der Waals surface area contributed by atoms with E-state index in [0.29, 0.717) is 17.9 Å². The first kappa shape index (κ1) is 15.9.